The number of hydrogen-bond acceptors (Lipinski definition) is 3. The van der Waals surface area contributed by atoms with Crippen molar-refractivity contribution in [2.45, 2.75) is 19.3 Å². The smallest absolute Gasteiger partial charge is 0.0558 e. The molecule has 0 unspecified atom stereocenters. The summed E-state index contributed by atoms with van der Waals surface area (Å²) in [7, 11) is 2.04. The Bertz CT molecular complexity index is 80.5. The standard InChI is InChI=1S/C8H19NOS/c1-9(6-7-10)5-3-2-4-8-11/h10-11H,2-8H2,1H3. The van der Waals surface area contributed by atoms with Crippen molar-refractivity contribution >= 4 is 12.6 Å². The van der Waals surface area contributed by atoms with Gasteiger partial charge in [0.15, 0.2) is 0 Å². The Morgan fingerprint density at radius 1 is 1.18 bits per heavy atom. The molecule has 3 heteroatoms. The van der Waals surface area contributed by atoms with Crippen molar-refractivity contribution in [2.24, 2.45) is 0 Å². The van der Waals surface area contributed by atoms with Crippen molar-refractivity contribution < 1.29 is 5.11 Å². The third-order valence-corrected chi connectivity index (χ3v) is 2.00. The molecule has 0 rings (SSSR count). The van der Waals surface area contributed by atoms with E-state index in [0.29, 0.717) is 0 Å². The van der Waals surface area contributed by atoms with Crippen molar-refractivity contribution in [3.63, 3.8) is 0 Å². The number of aliphatic hydroxyl groups is 1. The fourth-order valence-corrected chi connectivity index (χ4v) is 1.18. The SMILES string of the molecule is CN(CCO)CCCCCS. The van der Waals surface area contributed by atoms with Crippen LogP contribution in [-0.4, -0.2) is 42.5 Å². The summed E-state index contributed by atoms with van der Waals surface area (Å²) in [6, 6.07) is 0. The van der Waals surface area contributed by atoms with Gasteiger partial charge < -0.3 is 10.0 Å². The van der Waals surface area contributed by atoms with Gasteiger partial charge in [0.2, 0.25) is 0 Å². The van der Waals surface area contributed by atoms with Crippen molar-refractivity contribution in [1.29, 1.82) is 0 Å². The molecule has 0 radical (unpaired) electrons. The van der Waals surface area contributed by atoms with Crippen LogP contribution in [0, 0.1) is 0 Å². The van der Waals surface area contributed by atoms with Crippen molar-refractivity contribution in [1.82, 2.24) is 4.90 Å². The predicted octanol–water partition coefficient (Wildman–Crippen LogP) is 1.01. The molecule has 0 aliphatic heterocycles. The monoisotopic (exact) mass is 177 g/mol. The van der Waals surface area contributed by atoms with Gasteiger partial charge in [0.25, 0.3) is 0 Å². The van der Waals surface area contributed by atoms with Crippen LogP contribution < -0.4 is 0 Å². The number of likely N-dealkylation sites (N-methyl/N-ethyl adjacent to an activating group) is 1. The topological polar surface area (TPSA) is 23.5 Å². The molecule has 0 aliphatic carbocycles. The minimum atomic E-state index is 0.267. The lowest BCUT2D eigenvalue weighted by Gasteiger charge is -2.13. The summed E-state index contributed by atoms with van der Waals surface area (Å²) in [5, 5.41) is 8.59. The highest BCUT2D eigenvalue weighted by atomic mass is 32.1. The fourth-order valence-electron chi connectivity index (χ4n) is 0.953. The number of thiol groups is 1. The first-order valence-electron chi connectivity index (χ1n) is 4.21. The zero-order chi connectivity index (χ0) is 8.53. The van der Waals surface area contributed by atoms with E-state index in [0.717, 1.165) is 18.8 Å². The normalized spacial score (nSPS) is 10.9. The highest BCUT2D eigenvalue weighted by Gasteiger charge is 1.95. The first-order valence-corrected chi connectivity index (χ1v) is 4.84. The third kappa shape index (κ3) is 8.17. The van der Waals surface area contributed by atoms with Gasteiger partial charge in [0, 0.05) is 6.54 Å². The molecule has 0 heterocycles. The molecule has 0 aliphatic rings. The molecular weight excluding hydrogens is 158 g/mol. The van der Waals surface area contributed by atoms with Gasteiger partial charge in [-0.15, -0.1) is 0 Å². The molecule has 0 aromatic rings. The number of rotatable bonds is 7. The van der Waals surface area contributed by atoms with Crippen molar-refractivity contribution in [3.8, 4) is 0 Å². The van der Waals surface area contributed by atoms with Gasteiger partial charge in [-0.3, -0.25) is 0 Å². The zero-order valence-corrected chi connectivity index (χ0v) is 8.19. The van der Waals surface area contributed by atoms with Gasteiger partial charge in [-0.05, 0) is 32.2 Å². The average molecular weight is 177 g/mol. The van der Waals surface area contributed by atoms with Gasteiger partial charge in [-0.1, -0.05) is 6.42 Å². The predicted molar refractivity (Wildman–Crippen MR) is 52.3 cm³/mol. The van der Waals surface area contributed by atoms with Crippen LogP contribution in [-0.2, 0) is 0 Å². The number of hydrogen-bond donors (Lipinski definition) is 2. The first-order chi connectivity index (χ1) is 5.31. The Morgan fingerprint density at radius 2 is 1.91 bits per heavy atom. The largest absolute Gasteiger partial charge is 0.395 e. The second-order valence-electron chi connectivity index (χ2n) is 2.81. The maximum atomic E-state index is 8.59. The summed E-state index contributed by atoms with van der Waals surface area (Å²) in [5.41, 5.74) is 0. The van der Waals surface area contributed by atoms with E-state index in [9.17, 15) is 0 Å². The minimum absolute atomic E-state index is 0.267. The lowest BCUT2D eigenvalue weighted by molar-refractivity contribution is 0.219. The lowest BCUT2D eigenvalue weighted by Crippen LogP contribution is -2.23. The molecule has 0 atom stereocenters. The maximum Gasteiger partial charge on any atom is 0.0558 e. The molecule has 0 fully saturated rings. The molecule has 0 aromatic carbocycles. The molecule has 2 nitrogen and oxygen atoms in total. The minimum Gasteiger partial charge on any atom is -0.395 e. The van der Waals surface area contributed by atoms with Crippen LogP contribution in [0.25, 0.3) is 0 Å². The van der Waals surface area contributed by atoms with Gasteiger partial charge in [0.05, 0.1) is 6.61 Å². The Kier molecular flexibility index (Phi) is 8.57. The molecule has 0 bridgehead atoms. The van der Waals surface area contributed by atoms with Crippen LogP contribution in [0.4, 0.5) is 0 Å². The van der Waals surface area contributed by atoms with Gasteiger partial charge in [-0.2, -0.15) is 12.6 Å². The van der Waals surface area contributed by atoms with E-state index in [4.69, 9.17) is 5.11 Å². The Morgan fingerprint density at radius 3 is 2.45 bits per heavy atom. The van der Waals surface area contributed by atoms with E-state index in [1.807, 2.05) is 7.05 Å². The summed E-state index contributed by atoms with van der Waals surface area (Å²) in [6.07, 6.45) is 3.67. The molecule has 11 heavy (non-hydrogen) atoms. The van der Waals surface area contributed by atoms with Gasteiger partial charge >= 0.3 is 0 Å². The summed E-state index contributed by atoms with van der Waals surface area (Å²) >= 11 is 4.13. The lowest BCUT2D eigenvalue weighted by atomic mass is 10.2. The highest BCUT2D eigenvalue weighted by molar-refractivity contribution is 7.80. The van der Waals surface area contributed by atoms with Crippen LogP contribution in [0.1, 0.15) is 19.3 Å². The van der Waals surface area contributed by atoms with E-state index < -0.39 is 0 Å². The third-order valence-electron chi connectivity index (χ3n) is 1.68. The molecule has 0 amide bonds. The number of nitrogens with zero attached hydrogens (tertiary/aromatic N) is 1. The van der Waals surface area contributed by atoms with Crippen molar-refractivity contribution in [3.05, 3.63) is 0 Å². The summed E-state index contributed by atoms with van der Waals surface area (Å²) < 4.78 is 0. The second-order valence-corrected chi connectivity index (χ2v) is 3.26. The Hall–Kier alpha value is 0.270. The molecule has 0 saturated carbocycles. The van der Waals surface area contributed by atoms with Crippen LogP contribution >= 0.6 is 12.6 Å². The number of unbranched alkanes of at least 4 members (excludes halogenated alkanes) is 2. The van der Waals surface area contributed by atoms with E-state index in [2.05, 4.69) is 17.5 Å². The maximum absolute atomic E-state index is 8.59. The molecule has 68 valence electrons. The molecule has 1 N–H and O–H groups in total. The quantitative estimate of drug-likeness (QED) is 0.448. The van der Waals surface area contributed by atoms with E-state index in [1.54, 1.807) is 0 Å². The second kappa shape index (κ2) is 8.37. The van der Waals surface area contributed by atoms with Gasteiger partial charge in [0.1, 0.15) is 0 Å². The Balaban J connectivity index is 2.97. The van der Waals surface area contributed by atoms with Gasteiger partial charge in [-0.25, -0.2) is 0 Å². The summed E-state index contributed by atoms with van der Waals surface area (Å²) in [5.74, 6) is 0.990. The summed E-state index contributed by atoms with van der Waals surface area (Å²) in [6.45, 7) is 2.15. The fraction of sp³-hybridized carbons (Fsp3) is 1.00. The molecule has 0 saturated heterocycles. The average Bonchev–Trinajstić information content (AvgIpc) is 1.99. The Labute approximate surface area is 75.0 Å². The molecule has 0 aromatic heterocycles. The zero-order valence-electron chi connectivity index (χ0n) is 7.29. The highest BCUT2D eigenvalue weighted by Crippen LogP contribution is 1.97. The van der Waals surface area contributed by atoms with Crippen molar-refractivity contribution in [2.75, 3.05) is 32.5 Å². The van der Waals surface area contributed by atoms with E-state index >= 15 is 0 Å². The van der Waals surface area contributed by atoms with Crippen LogP contribution in [0.2, 0.25) is 0 Å². The van der Waals surface area contributed by atoms with Crippen LogP contribution in [0.3, 0.4) is 0 Å². The molecular formula is C8H19NOS. The number of aliphatic hydroxyl groups excluding tert-OH is 1. The van der Waals surface area contributed by atoms with Crippen LogP contribution in [0.5, 0.6) is 0 Å². The summed E-state index contributed by atoms with van der Waals surface area (Å²) in [4.78, 5) is 2.15. The first kappa shape index (κ1) is 11.3. The van der Waals surface area contributed by atoms with E-state index in [1.165, 1.54) is 19.3 Å². The van der Waals surface area contributed by atoms with E-state index in [-0.39, 0.29) is 6.61 Å². The molecule has 0 spiro atoms. The van der Waals surface area contributed by atoms with Crippen LogP contribution in [0.15, 0.2) is 0 Å².